The number of carbonyl (C=O) groups is 2. The lowest BCUT2D eigenvalue weighted by molar-refractivity contribution is -0.161. The molecule has 0 N–H and O–H groups in total. The lowest BCUT2D eigenvalue weighted by Gasteiger charge is -2.31. The van der Waals surface area contributed by atoms with Gasteiger partial charge in [0, 0.05) is 0 Å². The van der Waals surface area contributed by atoms with E-state index in [-0.39, 0.29) is 11.9 Å². The molecule has 1 aromatic rings. The molecule has 0 saturated heterocycles. The fraction of sp³-hybridized carbons (Fsp3) is 0.556. The number of aryl methyl sites for hydroxylation is 1. The maximum absolute atomic E-state index is 12.4. The minimum Gasteiger partial charge on any atom is -0.465 e. The Morgan fingerprint density at radius 3 is 2.64 bits per heavy atom. The molecule has 0 aliphatic heterocycles. The van der Waals surface area contributed by atoms with Crippen molar-refractivity contribution in [3.63, 3.8) is 0 Å². The first-order valence-corrected chi connectivity index (χ1v) is 7.99. The summed E-state index contributed by atoms with van der Waals surface area (Å²) in [5.74, 6) is -0.593. The molecule has 1 fully saturated rings. The molecule has 1 saturated carbocycles. The Morgan fingerprint density at radius 2 is 2.00 bits per heavy atom. The number of benzene rings is 1. The molecule has 1 aromatic carbocycles. The van der Waals surface area contributed by atoms with Crippen LogP contribution >= 0.6 is 0 Å². The van der Waals surface area contributed by atoms with Gasteiger partial charge in [-0.1, -0.05) is 25.1 Å². The van der Waals surface area contributed by atoms with E-state index in [4.69, 9.17) is 9.47 Å². The topological polar surface area (TPSA) is 52.6 Å². The van der Waals surface area contributed by atoms with Crippen molar-refractivity contribution in [1.82, 2.24) is 0 Å². The van der Waals surface area contributed by atoms with Crippen LogP contribution in [-0.2, 0) is 14.3 Å². The van der Waals surface area contributed by atoms with Crippen LogP contribution in [0.2, 0.25) is 0 Å². The van der Waals surface area contributed by atoms with Crippen LogP contribution in [0, 0.1) is 12.3 Å². The van der Waals surface area contributed by atoms with Crippen LogP contribution in [0.25, 0.3) is 0 Å². The number of esters is 2. The second-order valence-corrected chi connectivity index (χ2v) is 5.83. The molecule has 2 unspecified atom stereocenters. The normalized spacial score (nSPS) is 24.0. The molecule has 0 aromatic heterocycles. The Labute approximate surface area is 131 Å². The van der Waals surface area contributed by atoms with Crippen LogP contribution in [0.5, 0.6) is 0 Å². The fourth-order valence-electron chi connectivity index (χ4n) is 3.26. The number of rotatable bonds is 5. The molecule has 1 aliphatic carbocycles. The standard InChI is InChI=1S/C18H24O4/c1-4-18(17(20)21-5-2)12-8-11-15(18)22-16(19)14-10-7-6-9-13(14)3/h6-7,9-10,15H,4-5,8,11-12H2,1-3H3. The highest BCUT2D eigenvalue weighted by Crippen LogP contribution is 2.44. The predicted octanol–water partition coefficient (Wildman–Crippen LogP) is 3.66. The molecule has 4 heteroatoms. The maximum atomic E-state index is 12.4. The van der Waals surface area contributed by atoms with Gasteiger partial charge >= 0.3 is 11.9 Å². The van der Waals surface area contributed by atoms with Gasteiger partial charge in [0.2, 0.25) is 0 Å². The molecule has 0 radical (unpaired) electrons. The lowest BCUT2D eigenvalue weighted by Crippen LogP contribution is -2.41. The number of carbonyl (C=O) groups excluding carboxylic acids is 2. The molecular formula is C18H24O4. The van der Waals surface area contributed by atoms with Gasteiger partial charge in [-0.05, 0) is 51.2 Å². The molecule has 1 aliphatic rings. The molecule has 22 heavy (non-hydrogen) atoms. The third-order valence-electron chi connectivity index (χ3n) is 4.63. The number of ether oxygens (including phenoxy) is 2. The quantitative estimate of drug-likeness (QED) is 0.779. The molecule has 4 nitrogen and oxygen atoms in total. The highest BCUT2D eigenvalue weighted by Gasteiger charge is 2.51. The molecule has 2 rings (SSSR count). The molecular weight excluding hydrogens is 280 g/mol. The van der Waals surface area contributed by atoms with Gasteiger partial charge in [-0.2, -0.15) is 0 Å². The van der Waals surface area contributed by atoms with Gasteiger partial charge in [-0.3, -0.25) is 4.79 Å². The van der Waals surface area contributed by atoms with Crippen molar-refractivity contribution < 1.29 is 19.1 Å². The van der Waals surface area contributed by atoms with E-state index in [1.165, 1.54) is 0 Å². The van der Waals surface area contributed by atoms with Crippen LogP contribution in [0.3, 0.4) is 0 Å². The second-order valence-electron chi connectivity index (χ2n) is 5.83. The largest absolute Gasteiger partial charge is 0.465 e. The van der Waals surface area contributed by atoms with E-state index in [2.05, 4.69) is 0 Å². The summed E-state index contributed by atoms with van der Waals surface area (Å²) in [6, 6.07) is 7.33. The van der Waals surface area contributed by atoms with E-state index < -0.39 is 11.5 Å². The molecule has 0 bridgehead atoms. The van der Waals surface area contributed by atoms with Gasteiger partial charge < -0.3 is 9.47 Å². The lowest BCUT2D eigenvalue weighted by atomic mass is 9.81. The summed E-state index contributed by atoms with van der Waals surface area (Å²) in [7, 11) is 0. The zero-order valence-electron chi connectivity index (χ0n) is 13.6. The van der Waals surface area contributed by atoms with Crippen LogP contribution in [-0.4, -0.2) is 24.6 Å². The Morgan fingerprint density at radius 1 is 1.27 bits per heavy atom. The Balaban J connectivity index is 2.18. The van der Waals surface area contributed by atoms with Crippen molar-refractivity contribution in [2.24, 2.45) is 5.41 Å². The van der Waals surface area contributed by atoms with Crippen molar-refractivity contribution in [2.45, 2.75) is 52.6 Å². The SMILES string of the molecule is CCOC(=O)C1(CC)CCCC1OC(=O)c1ccccc1C. The fourth-order valence-corrected chi connectivity index (χ4v) is 3.26. The number of hydrogen-bond acceptors (Lipinski definition) is 4. The molecule has 0 amide bonds. The predicted molar refractivity (Wildman–Crippen MR) is 83.6 cm³/mol. The first kappa shape index (κ1) is 16.5. The molecule has 2 atom stereocenters. The second kappa shape index (κ2) is 6.95. The van der Waals surface area contributed by atoms with Crippen LogP contribution in [0.4, 0.5) is 0 Å². The van der Waals surface area contributed by atoms with E-state index in [0.717, 1.165) is 12.0 Å². The Hall–Kier alpha value is -1.84. The van der Waals surface area contributed by atoms with Crippen molar-refractivity contribution in [3.05, 3.63) is 35.4 Å². The maximum Gasteiger partial charge on any atom is 0.338 e. The average Bonchev–Trinajstić information content (AvgIpc) is 2.91. The molecule has 120 valence electrons. The Bertz CT molecular complexity index is 552. The van der Waals surface area contributed by atoms with E-state index >= 15 is 0 Å². The minimum absolute atomic E-state index is 0.238. The van der Waals surface area contributed by atoms with Crippen molar-refractivity contribution in [1.29, 1.82) is 0 Å². The monoisotopic (exact) mass is 304 g/mol. The Kier molecular flexibility index (Phi) is 5.22. The van der Waals surface area contributed by atoms with Crippen LogP contribution in [0.1, 0.15) is 55.5 Å². The van der Waals surface area contributed by atoms with Crippen LogP contribution < -0.4 is 0 Å². The van der Waals surface area contributed by atoms with E-state index in [1.54, 1.807) is 13.0 Å². The minimum atomic E-state index is -0.686. The third-order valence-corrected chi connectivity index (χ3v) is 4.63. The zero-order valence-corrected chi connectivity index (χ0v) is 13.6. The van der Waals surface area contributed by atoms with Crippen molar-refractivity contribution in [2.75, 3.05) is 6.61 Å². The molecule has 0 spiro atoms. The first-order chi connectivity index (χ1) is 10.5. The van der Waals surface area contributed by atoms with Crippen LogP contribution in [0.15, 0.2) is 24.3 Å². The summed E-state index contributed by atoms with van der Waals surface area (Å²) < 4.78 is 10.9. The summed E-state index contributed by atoms with van der Waals surface area (Å²) in [4.78, 5) is 24.8. The smallest absolute Gasteiger partial charge is 0.338 e. The highest BCUT2D eigenvalue weighted by molar-refractivity contribution is 5.91. The summed E-state index contributed by atoms with van der Waals surface area (Å²) in [5, 5.41) is 0. The van der Waals surface area contributed by atoms with E-state index in [9.17, 15) is 9.59 Å². The van der Waals surface area contributed by atoms with E-state index in [0.29, 0.717) is 31.4 Å². The van der Waals surface area contributed by atoms with Gasteiger partial charge in [-0.15, -0.1) is 0 Å². The van der Waals surface area contributed by atoms with Gasteiger partial charge in [-0.25, -0.2) is 4.79 Å². The van der Waals surface area contributed by atoms with Gasteiger partial charge in [0.15, 0.2) is 0 Å². The molecule has 0 heterocycles. The average molecular weight is 304 g/mol. The summed E-state index contributed by atoms with van der Waals surface area (Å²) in [6.07, 6.45) is 2.53. The highest BCUT2D eigenvalue weighted by atomic mass is 16.6. The van der Waals surface area contributed by atoms with E-state index in [1.807, 2.05) is 32.0 Å². The summed E-state index contributed by atoms with van der Waals surface area (Å²) in [6.45, 7) is 5.98. The van der Waals surface area contributed by atoms with Crippen molar-refractivity contribution in [3.8, 4) is 0 Å². The summed E-state index contributed by atoms with van der Waals surface area (Å²) >= 11 is 0. The van der Waals surface area contributed by atoms with Gasteiger partial charge in [0.05, 0.1) is 12.2 Å². The number of hydrogen-bond donors (Lipinski definition) is 0. The first-order valence-electron chi connectivity index (χ1n) is 7.99. The zero-order chi connectivity index (χ0) is 16.2. The van der Waals surface area contributed by atoms with Gasteiger partial charge in [0.1, 0.15) is 11.5 Å². The summed E-state index contributed by atoms with van der Waals surface area (Å²) in [5.41, 5.74) is 0.751. The third kappa shape index (κ3) is 3.01. The van der Waals surface area contributed by atoms with Gasteiger partial charge in [0.25, 0.3) is 0 Å². The van der Waals surface area contributed by atoms with Crippen molar-refractivity contribution >= 4 is 11.9 Å².